The molecule has 112 valence electrons. The highest BCUT2D eigenvalue weighted by Gasteiger charge is 2.10. The predicted molar refractivity (Wildman–Crippen MR) is 91.8 cm³/mol. The van der Waals surface area contributed by atoms with E-state index in [1.807, 2.05) is 0 Å². The van der Waals surface area contributed by atoms with Crippen LogP contribution in [0.3, 0.4) is 0 Å². The zero-order valence-electron chi connectivity index (χ0n) is 13.7. The SMILES string of the molecule is CNC(CCc1ccccc1C)c1ccc(C(C)C)cc1. The minimum Gasteiger partial charge on any atom is -0.313 e. The number of hydrogen-bond donors (Lipinski definition) is 1. The van der Waals surface area contributed by atoms with Crippen molar-refractivity contribution in [1.82, 2.24) is 5.32 Å². The van der Waals surface area contributed by atoms with E-state index in [0.717, 1.165) is 12.8 Å². The lowest BCUT2D eigenvalue weighted by molar-refractivity contribution is 0.548. The van der Waals surface area contributed by atoms with E-state index >= 15 is 0 Å². The summed E-state index contributed by atoms with van der Waals surface area (Å²) in [5, 5.41) is 3.46. The van der Waals surface area contributed by atoms with E-state index in [9.17, 15) is 0 Å². The summed E-state index contributed by atoms with van der Waals surface area (Å²) in [4.78, 5) is 0. The van der Waals surface area contributed by atoms with Gasteiger partial charge in [-0.1, -0.05) is 62.4 Å². The van der Waals surface area contributed by atoms with Crippen molar-refractivity contribution in [2.75, 3.05) is 7.05 Å². The van der Waals surface area contributed by atoms with Gasteiger partial charge >= 0.3 is 0 Å². The van der Waals surface area contributed by atoms with Crippen molar-refractivity contribution in [3.8, 4) is 0 Å². The summed E-state index contributed by atoms with van der Waals surface area (Å²) in [6, 6.07) is 18.2. The number of aryl methyl sites for hydroxylation is 2. The average molecular weight is 281 g/mol. The smallest absolute Gasteiger partial charge is 0.0320 e. The molecule has 0 aromatic heterocycles. The number of hydrogen-bond acceptors (Lipinski definition) is 1. The van der Waals surface area contributed by atoms with Gasteiger partial charge in [0, 0.05) is 6.04 Å². The summed E-state index contributed by atoms with van der Waals surface area (Å²) in [7, 11) is 2.05. The van der Waals surface area contributed by atoms with Gasteiger partial charge in [0.1, 0.15) is 0 Å². The van der Waals surface area contributed by atoms with E-state index in [1.165, 1.54) is 22.3 Å². The highest BCUT2D eigenvalue weighted by atomic mass is 14.9. The van der Waals surface area contributed by atoms with Crippen molar-refractivity contribution in [2.45, 2.75) is 45.6 Å². The molecule has 1 unspecified atom stereocenters. The number of rotatable bonds is 6. The standard InChI is InChI=1S/C20H27N/c1-15(2)17-9-11-19(12-10-17)20(21-4)14-13-18-8-6-5-7-16(18)3/h5-12,15,20-21H,13-14H2,1-4H3. The molecule has 2 aromatic rings. The molecule has 1 N–H and O–H groups in total. The quantitative estimate of drug-likeness (QED) is 0.784. The first-order valence-corrected chi connectivity index (χ1v) is 7.93. The lowest BCUT2D eigenvalue weighted by Crippen LogP contribution is -2.17. The lowest BCUT2D eigenvalue weighted by Gasteiger charge is -2.18. The summed E-state index contributed by atoms with van der Waals surface area (Å²) in [5.41, 5.74) is 5.64. The molecule has 0 saturated carbocycles. The third kappa shape index (κ3) is 4.18. The van der Waals surface area contributed by atoms with Crippen LogP contribution in [0.1, 0.15) is 54.5 Å². The van der Waals surface area contributed by atoms with Crippen molar-refractivity contribution >= 4 is 0 Å². The molecule has 0 radical (unpaired) electrons. The Labute approximate surface area is 129 Å². The van der Waals surface area contributed by atoms with Crippen LogP contribution in [-0.2, 0) is 6.42 Å². The van der Waals surface area contributed by atoms with E-state index in [0.29, 0.717) is 12.0 Å². The van der Waals surface area contributed by atoms with Crippen LogP contribution in [0.15, 0.2) is 48.5 Å². The third-order valence-corrected chi connectivity index (χ3v) is 4.32. The second kappa shape index (κ2) is 7.42. The van der Waals surface area contributed by atoms with Crippen LogP contribution in [0.2, 0.25) is 0 Å². The van der Waals surface area contributed by atoms with Gasteiger partial charge in [0.25, 0.3) is 0 Å². The van der Waals surface area contributed by atoms with Crippen molar-refractivity contribution in [2.24, 2.45) is 0 Å². The largest absolute Gasteiger partial charge is 0.313 e. The maximum absolute atomic E-state index is 3.46. The molecule has 0 bridgehead atoms. The van der Waals surface area contributed by atoms with Crippen molar-refractivity contribution < 1.29 is 0 Å². The zero-order chi connectivity index (χ0) is 15.2. The van der Waals surface area contributed by atoms with E-state index in [1.54, 1.807) is 0 Å². The monoisotopic (exact) mass is 281 g/mol. The number of nitrogens with one attached hydrogen (secondary N) is 1. The van der Waals surface area contributed by atoms with E-state index < -0.39 is 0 Å². The van der Waals surface area contributed by atoms with Crippen LogP contribution in [0.4, 0.5) is 0 Å². The molecule has 0 amide bonds. The fourth-order valence-corrected chi connectivity index (χ4v) is 2.78. The molecule has 1 atom stereocenters. The molecule has 0 aliphatic heterocycles. The Morgan fingerprint density at radius 3 is 2.10 bits per heavy atom. The van der Waals surface area contributed by atoms with Gasteiger partial charge in [-0.05, 0) is 55.0 Å². The highest BCUT2D eigenvalue weighted by molar-refractivity contribution is 5.28. The van der Waals surface area contributed by atoms with E-state index in [4.69, 9.17) is 0 Å². The Hall–Kier alpha value is -1.60. The maximum atomic E-state index is 3.46. The van der Waals surface area contributed by atoms with Crippen LogP contribution in [0, 0.1) is 6.92 Å². The molecule has 1 nitrogen and oxygen atoms in total. The van der Waals surface area contributed by atoms with Crippen molar-refractivity contribution in [3.63, 3.8) is 0 Å². The van der Waals surface area contributed by atoms with Gasteiger partial charge in [-0.25, -0.2) is 0 Å². The van der Waals surface area contributed by atoms with E-state index in [2.05, 4.69) is 81.7 Å². The molecule has 0 fully saturated rings. The lowest BCUT2D eigenvalue weighted by atomic mass is 9.95. The summed E-state index contributed by atoms with van der Waals surface area (Å²) in [5.74, 6) is 0.596. The summed E-state index contributed by atoms with van der Waals surface area (Å²) >= 11 is 0. The van der Waals surface area contributed by atoms with Gasteiger partial charge in [-0.3, -0.25) is 0 Å². The van der Waals surface area contributed by atoms with Gasteiger partial charge < -0.3 is 5.32 Å². The molecule has 0 aliphatic carbocycles. The normalized spacial score (nSPS) is 12.6. The second-order valence-corrected chi connectivity index (χ2v) is 6.13. The van der Waals surface area contributed by atoms with Crippen LogP contribution in [0.5, 0.6) is 0 Å². The molecule has 0 spiro atoms. The van der Waals surface area contributed by atoms with Gasteiger partial charge in [-0.15, -0.1) is 0 Å². The first-order valence-electron chi connectivity index (χ1n) is 7.93. The number of benzene rings is 2. The topological polar surface area (TPSA) is 12.0 Å². The van der Waals surface area contributed by atoms with Crippen molar-refractivity contribution in [1.29, 1.82) is 0 Å². The second-order valence-electron chi connectivity index (χ2n) is 6.13. The van der Waals surface area contributed by atoms with Crippen LogP contribution in [0.25, 0.3) is 0 Å². The summed E-state index contributed by atoms with van der Waals surface area (Å²) < 4.78 is 0. The minimum absolute atomic E-state index is 0.422. The molecule has 21 heavy (non-hydrogen) atoms. The minimum atomic E-state index is 0.422. The summed E-state index contributed by atoms with van der Waals surface area (Å²) in [6.07, 6.45) is 2.24. The third-order valence-electron chi connectivity index (χ3n) is 4.32. The van der Waals surface area contributed by atoms with Gasteiger partial charge in [0.05, 0.1) is 0 Å². The van der Waals surface area contributed by atoms with E-state index in [-0.39, 0.29) is 0 Å². The fraction of sp³-hybridized carbons (Fsp3) is 0.400. The Bertz CT molecular complexity index is 554. The average Bonchev–Trinajstić information content (AvgIpc) is 2.50. The zero-order valence-corrected chi connectivity index (χ0v) is 13.7. The molecule has 2 aromatic carbocycles. The van der Waals surface area contributed by atoms with Gasteiger partial charge in [0.2, 0.25) is 0 Å². The highest BCUT2D eigenvalue weighted by Crippen LogP contribution is 2.22. The van der Waals surface area contributed by atoms with Crippen LogP contribution >= 0.6 is 0 Å². The molecule has 0 saturated heterocycles. The Morgan fingerprint density at radius 2 is 1.52 bits per heavy atom. The first kappa shape index (κ1) is 15.8. The van der Waals surface area contributed by atoms with Crippen molar-refractivity contribution in [3.05, 3.63) is 70.8 Å². The summed E-state index contributed by atoms with van der Waals surface area (Å²) in [6.45, 7) is 6.67. The molecule has 0 aliphatic rings. The molecular formula is C20H27N. The maximum Gasteiger partial charge on any atom is 0.0320 e. The predicted octanol–water partition coefficient (Wildman–Crippen LogP) is 5.01. The van der Waals surface area contributed by atoms with Gasteiger partial charge in [-0.2, -0.15) is 0 Å². The Balaban J connectivity index is 2.04. The molecule has 2 rings (SSSR count). The van der Waals surface area contributed by atoms with Crippen LogP contribution in [-0.4, -0.2) is 7.05 Å². The fourth-order valence-electron chi connectivity index (χ4n) is 2.78. The Kier molecular flexibility index (Phi) is 5.58. The first-order chi connectivity index (χ1) is 10.1. The molecule has 1 heteroatoms. The molecular weight excluding hydrogens is 254 g/mol. The molecule has 0 heterocycles. The Morgan fingerprint density at radius 1 is 0.905 bits per heavy atom. The van der Waals surface area contributed by atoms with Gasteiger partial charge in [0.15, 0.2) is 0 Å². The van der Waals surface area contributed by atoms with Crippen LogP contribution < -0.4 is 5.32 Å².